The van der Waals surface area contributed by atoms with Gasteiger partial charge in [0.15, 0.2) is 0 Å². The summed E-state index contributed by atoms with van der Waals surface area (Å²) in [5, 5.41) is 19.1. The molecule has 6 nitrogen and oxygen atoms in total. The van der Waals surface area contributed by atoms with E-state index in [0.29, 0.717) is 26.3 Å². The summed E-state index contributed by atoms with van der Waals surface area (Å²) in [6, 6.07) is 0. The second-order valence-corrected chi connectivity index (χ2v) is 4.47. The highest BCUT2D eigenvalue weighted by molar-refractivity contribution is 9.18. The van der Waals surface area contributed by atoms with Crippen LogP contribution in [-0.4, -0.2) is 32.5 Å². The minimum atomic E-state index is 0.118. The molecular formula is C7H11BrN5OP. The lowest BCUT2D eigenvalue weighted by Gasteiger charge is -2.09. The lowest BCUT2D eigenvalue weighted by Crippen LogP contribution is -2.06. The molecule has 1 atom stereocenters. The second-order valence-electron chi connectivity index (χ2n) is 2.57. The van der Waals surface area contributed by atoms with Crippen LogP contribution in [-0.2, 0) is 0 Å². The number of nitrogens with two attached hydrogens (primary N) is 1. The number of anilines is 2. The van der Waals surface area contributed by atoms with Crippen LogP contribution in [0.15, 0.2) is 6.33 Å². The van der Waals surface area contributed by atoms with Crippen molar-refractivity contribution in [3.63, 3.8) is 0 Å². The number of nitrogens with zero attached hydrogens (tertiary/aromatic N) is 2. The van der Waals surface area contributed by atoms with Gasteiger partial charge in [-0.25, -0.2) is 9.97 Å². The van der Waals surface area contributed by atoms with E-state index < -0.39 is 0 Å². The Bertz CT molecular complexity index is 361. The Morgan fingerprint density at radius 1 is 1.67 bits per heavy atom. The van der Waals surface area contributed by atoms with Gasteiger partial charge in [0, 0.05) is 12.8 Å². The minimum absolute atomic E-state index is 0.118. The van der Waals surface area contributed by atoms with Gasteiger partial charge in [0.2, 0.25) is 0 Å². The first-order valence-electron chi connectivity index (χ1n) is 4.11. The maximum Gasteiger partial charge on any atom is 0.144 e. The van der Waals surface area contributed by atoms with Gasteiger partial charge in [-0.2, -0.15) is 0 Å². The van der Waals surface area contributed by atoms with Gasteiger partial charge in [0.1, 0.15) is 22.6 Å². The molecule has 0 saturated heterocycles. The van der Waals surface area contributed by atoms with Crippen LogP contribution in [0.1, 0.15) is 5.56 Å². The zero-order valence-corrected chi connectivity index (χ0v) is 10.4. The van der Waals surface area contributed by atoms with Crippen LogP contribution in [0, 0.1) is 5.41 Å². The van der Waals surface area contributed by atoms with Gasteiger partial charge in [0.25, 0.3) is 0 Å². The molecule has 5 N–H and O–H groups in total. The molecule has 0 amide bonds. The number of aromatic nitrogens is 2. The molecule has 82 valence electrons. The van der Waals surface area contributed by atoms with E-state index in [1.165, 1.54) is 6.33 Å². The molecule has 1 unspecified atom stereocenters. The fourth-order valence-electron chi connectivity index (χ4n) is 0.913. The van der Waals surface area contributed by atoms with Crippen LogP contribution >= 0.6 is 24.7 Å². The third-order valence-corrected chi connectivity index (χ3v) is 2.82. The number of halogens is 1. The monoisotopic (exact) mass is 291 g/mol. The van der Waals surface area contributed by atoms with Gasteiger partial charge >= 0.3 is 0 Å². The Morgan fingerprint density at radius 2 is 2.40 bits per heavy atom. The summed E-state index contributed by atoms with van der Waals surface area (Å²) in [6.07, 6.45) is 1.97. The molecule has 0 aromatic carbocycles. The van der Waals surface area contributed by atoms with Gasteiger partial charge in [-0.1, -0.05) is 0 Å². The molecule has 1 aromatic heterocycles. The molecule has 0 fully saturated rings. The zero-order valence-electron chi connectivity index (χ0n) is 7.79. The number of aliphatic hydroxyl groups excluding tert-OH is 1. The highest BCUT2D eigenvalue weighted by Gasteiger charge is 2.11. The van der Waals surface area contributed by atoms with Crippen LogP contribution in [0.5, 0.6) is 0 Å². The van der Waals surface area contributed by atoms with Crippen molar-refractivity contribution in [3.8, 4) is 0 Å². The van der Waals surface area contributed by atoms with E-state index in [1.807, 2.05) is 0 Å². The van der Waals surface area contributed by atoms with Crippen LogP contribution in [0.3, 0.4) is 0 Å². The van der Waals surface area contributed by atoms with E-state index in [4.69, 9.17) is 16.2 Å². The summed E-state index contributed by atoms with van der Waals surface area (Å²) < 4.78 is 0.136. The average Bonchev–Trinajstić information content (AvgIpc) is 2.17. The summed E-state index contributed by atoms with van der Waals surface area (Å²) in [5.74, 6) is 0.763. The Kier molecular flexibility index (Phi) is 4.87. The quantitative estimate of drug-likeness (QED) is 0.364. The van der Waals surface area contributed by atoms with Crippen LogP contribution < -0.4 is 10.8 Å². The summed E-state index contributed by atoms with van der Waals surface area (Å²) in [4.78, 5) is 7.78. The molecule has 0 bridgehead atoms. The predicted octanol–water partition coefficient (Wildman–Crippen LogP) is 0.777. The standard InChI is InChI=1S/C7H11BrN5OP/c8-5(9)4-6(10)11-3-12-7(4)13-15-2-1-14/h3,9,14-15H,1-2H2,(H3,10,11,12,13). The van der Waals surface area contributed by atoms with Gasteiger partial charge < -0.3 is 15.9 Å². The molecular weight excluding hydrogens is 281 g/mol. The number of rotatable bonds is 5. The van der Waals surface area contributed by atoms with Crippen LogP contribution in [0.25, 0.3) is 0 Å². The molecule has 0 aliphatic rings. The molecule has 0 saturated carbocycles. The zero-order chi connectivity index (χ0) is 11.3. The largest absolute Gasteiger partial charge is 0.396 e. The number of hydrogen-bond donors (Lipinski definition) is 4. The highest BCUT2D eigenvalue weighted by atomic mass is 79.9. The molecule has 1 aromatic rings. The number of hydrogen-bond acceptors (Lipinski definition) is 6. The maximum absolute atomic E-state index is 8.64. The maximum atomic E-state index is 8.64. The van der Waals surface area contributed by atoms with Gasteiger partial charge in [-0.15, -0.1) is 0 Å². The summed E-state index contributed by atoms with van der Waals surface area (Å²) in [7, 11) is 0.332. The molecule has 0 aliphatic heterocycles. The SMILES string of the molecule is N=C(Br)c1c(N)ncnc1NPCCO. The summed E-state index contributed by atoms with van der Waals surface area (Å²) >= 11 is 3.03. The lowest BCUT2D eigenvalue weighted by molar-refractivity contribution is 0.322. The molecule has 15 heavy (non-hydrogen) atoms. The Morgan fingerprint density at radius 3 is 3.00 bits per heavy atom. The Hall–Kier alpha value is -0.780. The first-order chi connectivity index (χ1) is 7.16. The van der Waals surface area contributed by atoms with E-state index in [2.05, 4.69) is 31.0 Å². The Balaban J connectivity index is 2.86. The van der Waals surface area contributed by atoms with E-state index in [0.717, 1.165) is 0 Å². The van der Waals surface area contributed by atoms with E-state index in [1.54, 1.807) is 0 Å². The topological polar surface area (TPSA) is 108 Å². The smallest absolute Gasteiger partial charge is 0.144 e. The highest BCUT2D eigenvalue weighted by Crippen LogP contribution is 2.24. The average molecular weight is 292 g/mol. The normalized spacial score (nSPS) is 10.8. The second kappa shape index (κ2) is 5.95. The summed E-state index contributed by atoms with van der Waals surface area (Å²) in [5.41, 5.74) is 6.07. The lowest BCUT2D eigenvalue weighted by atomic mass is 10.3. The third kappa shape index (κ3) is 3.37. The predicted molar refractivity (Wildman–Crippen MR) is 66.1 cm³/mol. The molecule has 0 spiro atoms. The minimum Gasteiger partial charge on any atom is -0.396 e. The first-order valence-corrected chi connectivity index (χ1v) is 6.11. The summed E-state index contributed by atoms with van der Waals surface area (Å²) in [6.45, 7) is 0.118. The first kappa shape index (κ1) is 12.3. The van der Waals surface area contributed by atoms with Crippen molar-refractivity contribution in [3.05, 3.63) is 11.9 Å². The molecule has 0 radical (unpaired) electrons. The fourth-order valence-corrected chi connectivity index (χ4v) is 1.90. The third-order valence-electron chi connectivity index (χ3n) is 1.54. The number of aliphatic hydroxyl groups is 1. The molecule has 1 heterocycles. The van der Waals surface area contributed by atoms with Crippen molar-refractivity contribution in [2.75, 3.05) is 23.6 Å². The number of nitrogens with one attached hydrogen (secondary N) is 2. The van der Waals surface area contributed by atoms with Gasteiger partial charge in [-0.05, 0) is 24.7 Å². The molecule has 8 heteroatoms. The van der Waals surface area contributed by atoms with Crippen LogP contribution in [0.4, 0.5) is 11.6 Å². The molecule has 1 rings (SSSR count). The van der Waals surface area contributed by atoms with Crippen molar-refractivity contribution in [1.82, 2.24) is 9.97 Å². The van der Waals surface area contributed by atoms with E-state index >= 15 is 0 Å². The van der Waals surface area contributed by atoms with Crippen molar-refractivity contribution in [2.24, 2.45) is 0 Å². The van der Waals surface area contributed by atoms with Crippen molar-refractivity contribution >= 4 is 40.9 Å². The van der Waals surface area contributed by atoms with Crippen molar-refractivity contribution in [1.29, 1.82) is 5.41 Å². The molecule has 0 aliphatic carbocycles. The van der Waals surface area contributed by atoms with Crippen LogP contribution in [0.2, 0.25) is 0 Å². The van der Waals surface area contributed by atoms with E-state index in [-0.39, 0.29) is 17.0 Å². The fraction of sp³-hybridized carbons (Fsp3) is 0.286. The van der Waals surface area contributed by atoms with Gasteiger partial charge in [0.05, 0.1) is 5.56 Å². The van der Waals surface area contributed by atoms with Crippen molar-refractivity contribution < 1.29 is 5.11 Å². The Labute approximate surface area is 97.2 Å². The van der Waals surface area contributed by atoms with E-state index in [9.17, 15) is 0 Å². The van der Waals surface area contributed by atoms with Gasteiger partial charge in [-0.3, -0.25) is 5.41 Å². The number of nitrogen functional groups attached to an aromatic ring is 1. The van der Waals surface area contributed by atoms with Crippen molar-refractivity contribution in [2.45, 2.75) is 0 Å².